The summed E-state index contributed by atoms with van der Waals surface area (Å²) in [5.41, 5.74) is 4.73. The molecule has 1 aromatic carbocycles. The van der Waals surface area contributed by atoms with Gasteiger partial charge >= 0.3 is 0 Å². The third-order valence-corrected chi connectivity index (χ3v) is 3.58. The van der Waals surface area contributed by atoms with Crippen LogP contribution in [0.15, 0.2) is 30.5 Å². The van der Waals surface area contributed by atoms with Crippen molar-refractivity contribution < 1.29 is 0 Å². The molecule has 0 aliphatic heterocycles. The first kappa shape index (κ1) is 9.16. The van der Waals surface area contributed by atoms with Gasteiger partial charge in [0.2, 0.25) is 0 Å². The molecule has 17 heavy (non-hydrogen) atoms. The number of hydrogen-bond donors (Lipinski definition) is 0. The van der Waals surface area contributed by atoms with Crippen molar-refractivity contribution in [3.8, 4) is 0 Å². The van der Waals surface area contributed by atoms with Crippen LogP contribution in [0.4, 0.5) is 0 Å². The van der Waals surface area contributed by atoms with Crippen LogP contribution in [0.25, 0.3) is 16.6 Å². The third kappa shape index (κ3) is 1.28. The molecule has 0 saturated carbocycles. The van der Waals surface area contributed by atoms with E-state index in [1.807, 2.05) is 16.6 Å². The Bertz CT molecular complexity index is 712. The zero-order valence-corrected chi connectivity index (χ0v) is 9.56. The van der Waals surface area contributed by atoms with E-state index in [1.54, 1.807) is 0 Å². The van der Waals surface area contributed by atoms with E-state index in [-0.39, 0.29) is 0 Å². The lowest BCUT2D eigenvalue weighted by Gasteiger charge is -2.07. The Morgan fingerprint density at radius 2 is 1.94 bits per heavy atom. The average Bonchev–Trinajstić information content (AvgIpc) is 2.73. The lowest BCUT2D eigenvalue weighted by atomic mass is 9.98. The molecule has 3 heteroatoms. The van der Waals surface area contributed by atoms with Gasteiger partial charge in [-0.2, -0.15) is 5.10 Å². The SMILES string of the molecule is c1ccc2nc3c4c(nn3cc2c1)CCCC4. The van der Waals surface area contributed by atoms with Crippen molar-refractivity contribution in [3.63, 3.8) is 0 Å². The van der Waals surface area contributed by atoms with Crippen molar-refractivity contribution in [1.29, 1.82) is 0 Å². The standard InChI is InChI=1S/C14H13N3/c1-3-7-12-10(5-1)9-17-14(15-12)11-6-2-4-8-13(11)16-17/h1,3,5,7,9H,2,4,6,8H2. The number of fused-ring (bicyclic) bond motifs is 4. The molecule has 0 atom stereocenters. The number of benzene rings is 1. The molecule has 3 aromatic rings. The molecule has 84 valence electrons. The molecule has 0 saturated heterocycles. The maximum atomic E-state index is 4.75. The summed E-state index contributed by atoms with van der Waals surface area (Å²) in [5, 5.41) is 5.81. The van der Waals surface area contributed by atoms with Crippen molar-refractivity contribution >= 4 is 16.6 Å². The molecule has 0 N–H and O–H groups in total. The summed E-state index contributed by atoms with van der Waals surface area (Å²) in [7, 11) is 0. The van der Waals surface area contributed by atoms with E-state index in [4.69, 9.17) is 4.98 Å². The summed E-state index contributed by atoms with van der Waals surface area (Å²) in [5.74, 6) is 0. The van der Waals surface area contributed by atoms with Gasteiger partial charge in [-0.3, -0.25) is 0 Å². The lowest BCUT2D eigenvalue weighted by Crippen LogP contribution is -2.00. The Labute approximate surface area is 99.1 Å². The van der Waals surface area contributed by atoms with Gasteiger partial charge in [0.15, 0.2) is 5.65 Å². The normalized spacial score (nSPS) is 15.3. The van der Waals surface area contributed by atoms with Crippen molar-refractivity contribution in [2.24, 2.45) is 0 Å². The molecule has 0 unspecified atom stereocenters. The van der Waals surface area contributed by atoms with E-state index < -0.39 is 0 Å². The Balaban J connectivity index is 2.11. The zero-order chi connectivity index (χ0) is 11.2. The van der Waals surface area contributed by atoms with Crippen molar-refractivity contribution in [2.45, 2.75) is 25.7 Å². The Kier molecular flexibility index (Phi) is 1.78. The number of nitrogens with zero attached hydrogens (tertiary/aromatic N) is 3. The molecule has 0 fully saturated rings. The molecule has 0 spiro atoms. The lowest BCUT2D eigenvalue weighted by molar-refractivity contribution is 0.673. The number of para-hydroxylation sites is 1. The quantitative estimate of drug-likeness (QED) is 0.586. The summed E-state index contributed by atoms with van der Waals surface area (Å²) >= 11 is 0. The monoisotopic (exact) mass is 223 g/mol. The van der Waals surface area contributed by atoms with Gasteiger partial charge in [-0.15, -0.1) is 0 Å². The predicted molar refractivity (Wildman–Crippen MR) is 67.1 cm³/mol. The maximum absolute atomic E-state index is 4.75. The van der Waals surface area contributed by atoms with Crippen LogP contribution in [0.2, 0.25) is 0 Å². The molecule has 0 radical (unpaired) electrons. The van der Waals surface area contributed by atoms with E-state index >= 15 is 0 Å². The van der Waals surface area contributed by atoms with Crippen LogP contribution in [0.3, 0.4) is 0 Å². The molecular weight excluding hydrogens is 210 g/mol. The van der Waals surface area contributed by atoms with Crippen LogP contribution < -0.4 is 0 Å². The molecule has 1 aliphatic carbocycles. The first-order chi connectivity index (χ1) is 8.42. The highest BCUT2D eigenvalue weighted by Gasteiger charge is 2.17. The summed E-state index contributed by atoms with van der Waals surface area (Å²) in [4.78, 5) is 4.75. The van der Waals surface area contributed by atoms with Gasteiger partial charge in [0.25, 0.3) is 0 Å². The molecule has 2 heterocycles. The van der Waals surface area contributed by atoms with E-state index in [0.717, 1.165) is 29.4 Å². The fourth-order valence-electron chi connectivity index (χ4n) is 2.71. The highest BCUT2D eigenvalue weighted by atomic mass is 15.3. The van der Waals surface area contributed by atoms with Gasteiger partial charge in [-0.25, -0.2) is 9.50 Å². The number of aryl methyl sites for hydroxylation is 2. The second-order valence-electron chi connectivity index (χ2n) is 4.70. The largest absolute Gasteiger partial charge is 0.228 e. The summed E-state index contributed by atoms with van der Waals surface area (Å²) in [6.45, 7) is 0. The number of aromatic nitrogens is 3. The second-order valence-corrected chi connectivity index (χ2v) is 4.70. The van der Waals surface area contributed by atoms with Gasteiger partial charge in [0, 0.05) is 17.1 Å². The first-order valence-corrected chi connectivity index (χ1v) is 6.18. The highest BCUT2D eigenvalue weighted by Crippen LogP contribution is 2.25. The molecule has 3 nitrogen and oxygen atoms in total. The van der Waals surface area contributed by atoms with Crippen molar-refractivity contribution in [3.05, 3.63) is 41.7 Å². The first-order valence-electron chi connectivity index (χ1n) is 6.18. The van der Waals surface area contributed by atoms with Crippen molar-refractivity contribution in [1.82, 2.24) is 14.6 Å². The Morgan fingerprint density at radius 1 is 1.06 bits per heavy atom. The molecular formula is C14H13N3. The zero-order valence-electron chi connectivity index (χ0n) is 9.56. The van der Waals surface area contributed by atoms with Gasteiger partial charge in [0.05, 0.1) is 11.2 Å². The third-order valence-electron chi connectivity index (χ3n) is 3.58. The van der Waals surface area contributed by atoms with Crippen LogP contribution in [0.5, 0.6) is 0 Å². The van der Waals surface area contributed by atoms with Gasteiger partial charge in [-0.05, 0) is 31.7 Å². The van der Waals surface area contributed by atoms with E-state index in [1.165, 1.54) is 24.1 Å². The smallest absolute Gasteiger partial charge is 0.159 e. The van der Waals surface area contributed by atoms with Crippen molar-refractivity contribution in [2.75, 3.05) is 0 Å². The molecule has 0 bridgehead atoms. The topological polar surface area (TPSA) is 30.2 Å². The summed E-state index contributed by atoms with van der Waals surface area (Å²) < 4.78 is 1.96. The van der Waals surface area contributed by atoms with Crippen LogP contribution in [0, 0.1) is 0 Å². The minimum Gasteiger partial charge on any atom is -0.228 e. The number of rotatable bonds is 0. The van der Waals surface area contributed by atoms with E-state index in [2.05, 4.69) is 23.4 Å². The molecule has 4 rings (SSSR count). The number of hydrogen-bond acceptors (Lipinski definition) is 2. The van der Waals surface area contributed by atoms with Crippen LogP contribution in [-0.4, -0.2) is 14.6 Å². The van der Waals surface area contributed by atoms with Crippen LogP contribution in [-0.2, 0) is 12.8 Å². The van der Waals surface area contributed by atoms with E-state index in [9.17, 15) is 0 Å². The fourth-order valence-corrected chi connectivity index (χ4v) is 2.71. The van der Waals surface area contributed by atoms with Gasteiger partial charge in [-0.1, -0.05) is 18.2 Å². The average molecular weight is 223 g/mol. The van der Waals surface area contributed by atoms with Crippen LogP contribution in [0.1, 0.15) is 24.1 Å². The highest BCUT2D eigenvalue weighted by molar-refractivity contribution is 5.80. The van der Waals surface area contributed by atoms with E-state index in [0.29, 0.717) is 0 Å². The minimum absolute atomic E-state index is 1.05. The Morgan fingerprint density at radius 3 is 2.94 bits per heavy atom. The summed E-state index contributed by atoms with van der Waals surface area (Å²) in [6, 6.07) is 8.23. The Hall–Kier alpha value is -1.90. The predicted octanol–water partition coefficient (Wildman–Crippen LogP) is 2.76. The fraction of sp³-hybridized carbons (Fsp3) is 0.286. The molecule has 2 aromatic heterocycles. The van der Waals surface area contributed by atoms with Gasteiger partial charge in [0.1, 0.15) is 0 Å². The summed E-state index contributed by atoms with van der Waals surface area (Å²) in [6.07, 6.45) is 6.86. The second kappa shape index (κ2) is 3.29. The van der Waals surface area contributed by atoms with Crippen LogP contribution >= 0.6 is 0 Å². The molecule has 0 amide bonds. The molecule has 1 aliphatic rings. The van der Waals surface area contributed by atoms with Gasteiger partial charge < -0.3 is 0 Å². The minimum atomic E-state index is 1.05. The maximum Gasteiger partial charge on any atom is 0.159 e.